The monoisotopic (exact) mass is 349 g/mol. The van der Waals surface area contributed by atoms with Gasteiger partial charge >= 0.3 is 0 Å². The van der Waals surface area contributed by atoms with E-state index in [1.165, 1.54) is 18.4 Å². The highest BCUT2D eigenvalue weighted by Gasteiger charge is 2.13. The molecule has 1 N–H and O–H groups in total. The molecule has 1 rings (SSSR count). The summed E-state index contributed by atoms with van der Waals surface area (Å²) in [5.41, 5.74) is 1.23. The van der Waals surface area contributed by atoms with Crippen LogP contribution >= 0.6 is 22.6 Å². The van der Waals surface area contributed by atoms with Crippen molar-refractivity contribution in [2.24, 2.45) is 0 Å². The van der Waals surface area contributed by atoms with Gasteiger partial charge in [-0.1, -0.05) is 32.8 Å². The van der Waals surface area contributed by atoms with Gasteiger partial charge in [0.1, 0.15) is 5.82 Å². The second kappa shape index (κ2) is 8.03. The average molecular weight is 349 g/mol. The van der Waals surface area contributed by atoms with E-state index in [-0.39, 0.29) is 5.82 Å². The van der Waals surface area contributed by atoms with Crippen molar-refractivity contribution < 1.29 is 4.39 Å². The fourth-order valence-electron chi connectivity index (χ4n) is 1.88. The average Bonchev–Trinajstić information content (AvgIpc) is 2.30. The second-order valence-corrected chi connectivity index (χ2v) is 5.48. The Morgan fingerprint density at radius 3 is 2.65 bits per heavy atom. The molecule has 1 atom stereocenters. The minimum absolute atomic E-state index is 0.150. The molecule has 0 saturated heterocycles. The van der Waals surface area contributed by atoms with E-state index in [4.69, 9.17) is 0 Å². The van der Waals surface area contributed by atoms with Crippen LogP contribution < -0.4 is 5.32 Å². The van der Waals surface area contributed by atoms with Crippen LogP contribution in [0, 0.1) is 9.39 Å². The van der Waals surface area contributed by atoms with Gasteiger partial charge in [-0.05, 0) is 59.7 Å². The third kappa shape index (κ3) is 4.92. The maximum atomic E-state index is 13.1. The summed E-state index contributed by atoms with van der Waals surface area (Å²) in [6, 6.07) is 5.45. The van der Waals surface area contributed by atoms with Gasteiger partial charge in [-0.15, -0.1) is 0 Å². The third-order valence-electron chi connectivity index (χ3n) is 2.83. The van der Waals surface area contributed by atoms with Crippen LogP contribution in [0.15, 0.2) is 18.2 Å². The van der Waals surface area contributed by atoms with Crippen LogP contribution in [0.1, 0.15) is 51.1 Å². The standard InChI is InChI=1S/C14H21FIN/c1-3-5-6-14(17-9-4-2)12-8-7-11(15)10-13(12)16/h7-8,10,14,17H,3-6,9H2,1-2H3. The molecule has 0 radical (unpaired) electrons. The minimum Gasteiger partial charge on any atom is -0.310 e. The number of hydrogen-bond donors (Lipinski definition) is 1. The highest BCUT2D eigenvalue weighted by Crippen LogP contribution is 2.25. The van der Waals surface area contributed by atoms with E-state index in [2.05, 4.69) is 41.8 Å². The van der Waals surface area contributed by atoms with Crippen LogP contribution in [0.3, 0.4) is 0 Å². The fraction of sp³-hybridized carbons (Fsp3) is 0.571. The van der Waals surface area contributed by atoms with Crippen molar-refractivity contribution in [1.29, 1.82) is 0 Å². The lowest BCUT2D eigenvalue weighted by atomic mass is 10.0. The van der Waals surface area contributed by atoms with E-state index in [9.17, 15) is 4.39 Å². The maximum Gasteiger partial charge on any atom is 0.124 e. The van der Waals surface area contributed by atoms with Gasteiger partial charge in [0, 0.05) is 9.61 Å². The van der Waals surface area contributed by atoms with Crippen LogP contribution in [0.2, 0.25) is 0 Å². The number of rotatable bonds is 7. The van der Waals surface area contributed by atoms with Gasteiger partial charge in [0.15, 0.2) is 0 Å². The molecule has 1 aromatic carbocycles. The number of halogens is 2. The first-order chi connectivity index (χ1) is 8.19. The molecule has 0 spiro atoms. The predicted octanol–water partition coefficient (Wildman–Crippen LogP) is 4.66. The number of unbranched alkanes of at least 4 members (excludes halogenated alkanes) is 1. The Kier molecular flexibility index (Phi) is 7.04. The molecular formula is C14H21FIN. The Balaban J connectivity index is 2.79. The van der Waals surface area contributed by atoms with Crippen LogP contribution in [-0.2, 0) is 0 Å². The topological polar surface area (TPSA) is 12.0 Å². The summed E-state index contributed by atoms with van der Waals surface area (Å²) in [4.78, 5) is 0. The van der Waals surface area contributed by atoms with Crippen molar-refractivity contribution in [3.8, 4) is 0 Å². The molecule has 0 saturated carbocycles. The summed E-state index contributed by atoms with van der Waals surface area (Å²) >= 11 is 2.22. The summed E-state index contributed by atoms with van der Waals surface area (Å²) in [6.07, 6.45) is 4.65. The van der Waals surface area contributed by atoms with Gasteiger partial charge in [0.05, 0.1) is 0 Å². The smallest absolute Gasteiger partial charge is 0.124 e. The van der Waals surface area contributed by atoms with Gasteiger partial charge in [-0.2, -0.15) is 0 Å². The SMILES string of the molecule is CCCCC(NCCC)c1ccc(F)cc1I. The first kappa shape index (κ1) is 14.9. The largest absolute Gasteiger partial charge is 0.310 e. The van der Waals surface area contributed by atoms with Crippen LogP contribution in [-0.4, -0.2) is 6.54 Å². The molecule has 0 aliphatic heterocycles. The lowest BCUT2D eigenvalue weighted by Gasteiger charge is -2.20. The first-order valence-electron chi connectivity index (χ1n) is 6.37. The van der Waals surface area contributed by atoms with Crippen molar-refractivity contribution in [3.63, 3.8) is 0 Å². The molecule has 0 aromatic heterocycles. The third-order valence-corrected chi connectivity index (χ3v) is 3.76. The van der Waals surface area contributed by atoms with Gasteiger partial charge < -0.3 is 5.32 Å². The molecule has 1 nitrogen and oxygen atoms in total. The molecule has 17 heavy (non-hydrogen) atoms. The Morgan fingerprint density at radius 1 is 1.29 bits per heavy atom. The molecule has 1 aromatic rings. The van der Waals surface area contributed by atoms with Crippen molar-refractivity contribution in [1.82, 2.24) is 5.32 Å². The van der Waals surface area contributed by atoms with E-state index in [1.807, 2.05) is 6.07 Å². The van der Waals surface area contributed by atoms with Crippen LogP contribution in [0.5, 0.6) is 0 Å². The highest BCUT2D eigenvalue weighted by atomic mass is 127. The maximum absolute atomic E-state index is 13.1. The van der Waals surface area contributed by atoms with Gasteiger partial charge in [0.25, 0.3) is 0 Å². The summed E-state index contributed by atoms with van der Waals surface area (Å²) in [6.45, 7) is 5.38. The lowest BCUT2D eigenvalue weighted by Crippen LogP contribution is -2.23. The normalized spacial score (nSPS) is 12.7. The zero-order valence-corrected chi connectivity index (χ0v) is 12.8. The molecular weight excluding hydrogens is 328 g/mol. The molecule has 0 aliphatic rings. The summed E-state index contributed by atoms with van der Waals surface area (Å²) in [7, 11) is 0. The summed E-state index contributed by atoms with van der Waals surface area (Å²) in [5.74, 6) is -0.150. The minimum atomic E-state index is -0.150. The van der Waals surface area contributed by atoms with Crippen molar-refractivity contribution >= 4 is 22.6 Å². The highest BCUT2D eigenvalue weighted by molar-refractivity contribution is 14.1. The van der Waals surface area contributed by atoms with Gasteiger partial charge in [-0.3, -0.25) is 0 Å². The van der Waals surface area contributed by atoms with E-state index in [0.29, 0.717) is 6.04 Å². The van der Waals surface area contributed by atoms with Crippen molar-refractivity contribution in [2.45, 2.75) is 45.6 Å². The molecule has 1 unspecified atom stereocenters. The Morgan fingerprint density at radius 2 is 2.06 bits per heavy atom. The number of hydrogen-bond acceptors (Lipinski definition) is 1. The Hall–Kier alpha value is -0.160. The van der Waals surface area contributed by atoms with E-state index in [0.717, 1.165) is 23.0 Å². The van der Waals surface area contributed by atoms with Gasteiger partial charge in [0.2, 0.25) is 0 Å². The van der Waals surface area contributed by atoms with Gasteiger partial charge in [-0.25, -0.2) is 4.39 Å². The van der Waals surface area contributed by atoms with Crippen LogP contribution in [0.4, 0.5) is 4.39 Å². The molecule has 96 valence electrons. The molecule has 0 heterocycles. The molecule has 0 bridgehead atoms. The van der Waals surface area contributed by atoms with Crippen molar-refractivity contribution in [2.75, 3.05) is 6.54 Å². The van der Waals surface area contributed by atoms with Crippen LogP contribution in [0.25, 0.3) is 0 Å². The fourth-order valence-corrected chi connectivity index (χ4v) is 2.73. The lowest BCUT2D eigenvalue weighted by molar-refractivity contribution is 0.479. The number of nitrogens with one attached hydrogen (secondary N) is 1. The predicted molar refractivity (Wildman–Crippen MR) is 79.7 cm³/mol. The van der Waals surface area contributed by atoms with E-state index < -0.39 is 0 Å². The Labute approximate surface area is 117 Å². The molecule has 0 fully saturated rings. The summed E-state index contributed by atoms with van der Waals surface area (Å²) in [5, 5.41) is 3.55. The summed E-state index contributed by atoms with van der Waals surface area (Å²) < 4.78 is 14.1. The molecule has 0 aliphatic carbocycles. The van der Waals surface area contributed by atoms with E-state index >= 15 is 0 Å². The van der Waals surface area contributed by atoms with E-state index in [1.54, 1.807) is 12.1 Å². The molecule has 0 amide bonds. The zero-order valence-electron chi connectivity index (χ0n) is 10.6. The quantitative estimate of drug-likeness (QED) is 0.706. The molecule has 3 heteroatoms. The zero-order chi connectivity index (χ0) is 12.7. The second-order valence-electron chi connectivity index (χ2n) is 4.31. The first-order valence-corrected chi connectivity index (χ1v) is 7.45. The number of benzene rings is 1. The Bertz CT molecular complexity index is 333. The van der Waals surface area contributed by atoms with Crippen molar-refractivity contribution in [3.05, 3.63) is 33.1 Å².